The molecule has 2 aromatic carbocycles. The lowest BCUT2D eigenvalue weighted by atomic mass is 9.94. The third-order valence-electron chi connectivity index (χ3n) is 4.39. The molecule has 2 nitrogen and oxygen atoms in total. The molecule has 120 valence electrons. The zero-order chi connectivity index (χ0) is 16.2. The van der Waals surface area contributed by atoms with Crippen LogP contribution in [0.5, 0.6) is 0 Å². The maximum absolute atomic E-state index is 13.0. The van der Waals surface area contributed by atoms with Crippen molar-refractivity contribution in [2.24, 2.45) is 0 Å². The van der Waals surface area contributed by atoms with Crippen molar-refractivity contribution >= 4 is 17.5 Å². The average molecular weight is 325 g/mol. The van der Waals surface area contributed by atoms with Gasteiger partial charge < -0.3 is 0 Å². The zero-order valence-corrected chi connectivity index (χ0v) is 14.7. The Kier molecular flexibility index (Phi) is 5.19. The summed E-state index contributed by atoms with van der Waals surface area (Å²) in [7, 11) is 0. The Labute approximate surface area is 142 Å². The van der Waals surface area contributed by atoms with Crippen LogP contribution in [0.2, 0.25) is 0 Å². The van der Waals surface area contributed by atoms with Crippen LogP contribution >= 0.6 is 11.8 Å². The first-order valence-corrected chi connectivity index (χ1v) is 9.30. The zero-order valence-electron chi connectivity index (χ0n) is 13.8. The van der Waals surface area contributed by atoms with E-state index in [1.807, 2.05) is 49.0 Å². The normalized spacial score (nSPS) is 15.6. The number of benzene rings is 2. The molecule has 0 aliphatic carbocycles. The molecule has 2 aromatic rings. The van der Waals surface area contributed by atoms with Gasteiger partial charge in [0.15, 0.2) is 5.78 Å². The monoisotopic (exact) mass is 325 g/mol. The first-order chi connectivity index (χ1) is 11.1. The minimum Gasteiger partial charge on any atom is -0.297 e. The molecule has 0 spiro atoms. The fourth-order valence-electron chi connectivity index (χ4n) is 3.09. The number of aryl methyl sites for hydroxylation is 2. The van der Waals surface area contributed by atoms with E-state index in [4.69, 9.17) is 0 Å². The predicted octanol–water partition coefficient (Wildman–Crippen LogP) is 4.08. The number of thioether (sulfide) groups is 1. The summed E-state index contributed by atoms with van der Waals surface area (Å²) >= 11 is 2.01. The van der Waals surface area contributed by atoms with Crippen molar-refractivity contribution in [3.8, 4) is 0 Å². The Morgan fingerprint density at radius 3 is 2.52 bits per heavy atom. The van der Waals surface area contributed by atoms with E-state index in [9.17, 15) is 4.79 Å². The first-order valence-electron chi connectivity index (χ1n) is 8.15. The summed E-state index contributed by atoms with van der Waals surface area (Å²) < 4.78 is 0. The highest BCUT2D eigenvalue weighted by Gasteiger charge is 2.18. The molecule has 1 heterocycles. The highest BCUT2D eigenvalue weighted by molar-refractivity contribution is 7.99. The second-order valence-corrected chi connectivity index (χ2v) is 7.42. The Balaban J connectivity index is 1.88. The molecule has 0 radical (unpaired) electrons. The summed E-state index contributed by atoms with van der Waals surface area (Å²) in [5, 5.41) is 0. The second-order valence-electron chi connectivity index (χ2n) is 6.19. The SMILES string of the molecule is Cc1ccc(C(=O)c2ccccc2CN2CCSCC2)c(C)c1. The van der Waals surface area contributed by atoms with Crippen LogP contribution in [0.15, 0.2) is 42.5 Å². The predicted molar refractivity (Wildman–Crippen MR) is 98.4 cm³/mol. The highest BCUT2D eigenvalue weighted by Crippen LogP contribution is 2.21. The highest BCUT2D eigenvalue weighted by atomic mass is 32.2. The van der Waals surface area contributed by atoms with Crippen molar-refractivity contribution in [3.63, 3.8) is 0 Å². The minimum absolute atomic E-state index is 0.143. The van der Waals surface area contributed by atoms with E-state index in [-0.39, 0.29) is 5.78 Å². The maximum Gasteiger partial charge on any atom is 0.193 e. The molecule has 3 rings (SSSR count). The van der Waals surface area contributed by atoms with Crippen molar-refractivity contribution < 1.29 is 4.79 Å². The van der Waals surface area contributed by atoms with Crippen molar-refractivity contribution in [1.29, 1.82) is 0 Å². The smallest absolute Gasteiger partial charge is 0.193 e. The van der Waals surface area contributed by atoms with Crippen LogP contribution in [0.25, 0.3) is 0 Å². The molecule has 1 fully saturated rings. The summed E-state index contributed by atoms with van der Waals surface area (Å²) in [6.45, 7) is 7.16. The molecule has 0 aromatic heterocycles. The van der Waals surface area contributed by atoms with Gasteiger partial charge in [0.2, 0.25) is 0 Å². The van der Waals surface area contributed by atoms with Gasteiger partial charge in [-0.05, 0) is 25.0 Å². The summed E-state index contributed by atoms with van der Waals surface area (Å²) in [5.74, 6) is 2.52. The quantitative estimate of drug-likeness (QED) is 0.790. The van der Waals surface area contributed by atoms with Crippen LogP contribution in [0, 0.1) is 13.8 Å². The average Bonchev–Trinajstić information content (AvgIpc) is 2.56. The van der Waals surface area contributed by atoms with E-state index >= 15 is 0 Å². The van der Waals surface area contributed by atoms with Crippen molar-refractivity contribution in [2.75, 3.05) is 24.6 Å². The van der Waals surface area contributed by atoms with Gasteiger partial charge in [0.05, 0.1) is 0 Å². The van der Waals surface area contributed by atoms with E-state index in [0.29, 0.717) is 0 Å². The van der Waals surface area contributed by atoms with Crippen LogP contribution in [-0.2, 0) is 6.54 Å². The van der Waals surface area contributed by atoms with Gasteiger partial charge in [-0.2, -0.15) is 11.8 Å². The van der Waals surface area contributed by atoms with E-state index in [1.54, 1.807) is 0 Å². The third-order valence-corrected chi connectivity index (χ3v) is 5.33. The lowest BCUT2D eigenvalue weighted by molar-refractivity contribution is 0.103. The molecule has 0 bridgehead atoms. The molecule has 0 unspecified atom stereocenters. The van der Waals surface area contributed by atoms with Crippen molar-refractivity contribution in [2.45, 2.75) is 20.4 Å². The fourth-order valence-corrected chi connectivity index (χ4v) is 4.07. The first kappa shape index (κ1) is 16.3. The number of ketones is 1. The number of rotatable bonds is 4. The number of hydrogen-bond acceptors (Lipinski definition) is 3. The topological polar surface area (TPSA) is 20.3 Å². The Hall–Kier alpha value is -1.58. The summed E-state index contributed by atoms with van der Waals surface area (Å²) in [5.41, 5.74) is 5.05. The third kappa shape index (κ3) is 3.85. The molecule has 23 heavy (non-hydrogen) atoms. The van der Waals surface area contributed by atoms with Gasteiger partial charge in [0.25, 0.3) is 0 Å². The van der Waals surface area contributed by atoms with Crippen LogP contribution in [-0.4, -0.2) is 35.3 Å². The molecular weight excluding hydrogens is 302 g/mol. The molecule has 0 atom stereocenters. The van der Waals surface area contributed by atoms with Gasteiger partial charge in [0.1, 0.15) is 0 Å². The van der Waals surface area contributed by atoms with Gasteiger partial charge >= 0.3 is 0 Å². The molecule has 0 N–H and O–H groups in total. The van der Waals surface area contributed by atoms with Gasteiger partial charge in [-0.3, -0.25) is 9.69 Å². The van der Waals surface area contributed by atoms with E-state index in [1.165, 1.54) is 17.1 Å². The number of carbonyl (C=O) groups excluding carboxylic acids is 1. The Morgan fingerprint density at radius 2 is 1.78 bits per heavy atom. The van der Waals surface area contributed by atoms with E-state index in [2.05, 4.69) is 24.0 Å². The lowest BCUT2D eigenvalue weighted by Gasteiger charge is -2.27. The Bertz CT molecular complexity index is 705. The lowest BCUT2D eigenvalue weighted by Crippen LogP contribution is -2.32. The van der Waals surface area contributed by atoms with Crippen molar-refractivity contribution in [3.05, 3.63) is 70.3 Å². The molecule has 1 aliphatic rings. The van der Waals surface area contributed by atoms with E-state index < -0.39 is 0 Å². The molecule has 1 saturated heterocycles. The van der Waals surface area contributed by atoms with Gasteiger partial charge in [-0.15, -0.1) is 0 Å². The van der Waals surface area contributed by atoms with Gasteiger partial charge in [-0.25, -0.2) is 0 Å². The maximum atomic E-state index is 13.0. The molecule has 3 heteroatoms. The van der Waals surface area contributed by atoms with Crippen molar-refractivity contribution in [1.82, 2.24) is 4.90 Å². The van der Waals surface area contributed by atoms with Crippen LogP contribution in [0.3, 0.4) is 0 Å². The number of nitrogens with zero attached hydrogens (tertiary/aromatic N) is 1. The Morgan fingerprint density at radius 1 is 1.04 bits per heavy atom. The summed E-state index contributed by atoms with van der Waals surface area (Å²) in [4.78, 5) is 15.5. The molecular formula is C20H23NOS. The largest absolute Gasteiger partial charge is 0.297 e. The molecule has 0 amide bonds. The number of hydrogen-bond donors (Lipinski definition) is 0. The van der Waals surface area contributed by atoms with Gasteiger partial charge in [-0.1, -0.05) is 48.0 Å². The number of carbonyl (C=O) groups is 1. The minimum atomic E-state index is 0.143. The fraction of sp³-hybridized carbons (Fsp3) is 0.350. The molecule has 0 saturated carbocycles. The summed E-state index contributed by atoms with van der Waals surface area (Å²) in [6, 6.07) is 14.1. The second kappa shape index (κ2) is 7.33. The standard InChI is InChI=1S/C20H23NOS/c1-15-7-8-18(16(2)13-15)20(22)19-6-4-3-5-17(19)14-21-9-11-23-12-10-21/h3-8,13H,9-12,14H2,1-2H3. The summed E-state index contributed by atoms with van der Waals surface area (Å²) in [6.07, 6.45) is 0. The van der Waals surface area contributed by atoms with Crippen LogP contribution in [0.4, 0.5) is 0 Å². The molecule has 1 aliphatic heterocycles. The van der Waals surface area contributed by atoms with Crippen LogP contribution in [0.1, 0.15) is 32.6 Å². The van der Waals surface area contributed by atoms with Gasteiger partial charge in [0, 0.05) is 42.3 Å². The van der Waals surface area contributed by atoms with Crippen LogP contribution < -0.4 is 0 Å². The van der Waals surface area contributed by atoms with E-state index in [0.717, 1.165) is 41.9 Å².